The minimum atomic E-state index is 0.0629. The van der Waals surface area contributed by atoms with Gasteiger partial charge in [-0.25, -0.2) is 0 Å². The van der Waals surface area contributed by atoms with Crippen LogP contribution in [-0.2, 0) is 19.6 Å². The summed E-state index contributed by atoms with van der Waals surface area (Å²) in [6.45, 7) is 4.40. The smallest absolute Gasteiger partial charge is 0.274 e. The highest BCUT2D eigenvalue weighted by molar-refractivity contribution is 5.92. The topological polar surface area (TPSA) is 59.2 Å². The maximum Gasteiger partial charge on any atom is 0.274 e. The molecular formula is C17H24N6O. The molecule has 1 fully saturated rings. The number of fused-ring (bicyclic) bond motifs is 1. The highest BCUT2D eigenvalue weighted by Gasteiger charge is 2.31. The van der Waals surface area contributed by atoms with E-state index in [1.54, 1.807) is 6.20 Å². The minimum absolute atomic E-state index is 0.0629. The summed E-state index contributed by atoms with van der Waals surface area (Å²) < 4.78 is 3.92. The lowest BCUT2D eigenvalue weighted by Crippen LogP contribution is -2.38. The van der Waals surface area contributed by atoms with E-state index < -0.39 is 0 Å². The molecule has 4 rings (SSSR count). The first-order valence-electron chi connectivity index (χ1n) is 8.74. The summed E-state index contributed by atoms with van der Waals surface area (Å²) in [5.41, 5.74) is 1.73. The third-order valence-electron chi connectivity index (χ3n) is 5.02. The van der Waals surface area contributed by atoms with Crippen LogP contribution in [0.15, 0.2) is 24.5 Å². The van der Waals surface area contributed by atoms with E-state index in [0.29, 0.717) is 5.69 Å². The molecule has 1 atom stereocenters. The van der Waals surface area contributed by atoms with Crippen LogP contribution < -0.4 is 0 Å². The molecule has 128 valence electrons. The number of hydrogen-bond donors (Lipinski definition) is 0. The molecule has 4 heterocycles. The summed E-state index contributed by atoms with van der Waals surface area (Å²) in [5, 5.41) is 8.87. The van der Waals surface area contributed by atoms with Crippen LogP contribution in [-0.4, -0.2) is 61.4 Å². The average molecular weight is 328 g/mol. The molecule has 0 bridgehead atoms. The standard InChI is InChI=1S/C17H24N6O/c1-20-7-4-10-23-15(12-20)11-16(19-23)17(24)22-9-2-5-14(22)13-21-8-3-6-18-21/h3,6,8,11,14H,2,4-5,7,9-10,12-13H2,1H3/t14-/m0/s1. The molecule has 0 aliphatic carbocycles. The maximum atomic E-state index is 13.0. The monoisotopic (exact) mass is 328 g/mol. The number of carbonyl (C=O) groups excluding carboxylic acids is 1. The Hall–Kier alpha value is -2.15. The Balaban J connectivity index is 1.51. The van der Waals surface area contributed by atoms with Gasteiger partial charge in [0.15, 0.2) is 5.69 Å². The first-order valence-corrected chi connectivity index (χ1v) is 8.74. The quantitative estimate of drug-likeness (QED) is 0.850. The van der Waals surface area contributed by atoms with Gasteiger partial charge in [-0.15, -0.1) is 0 Å². The number of aromatic nitrogens is 4. The first kappa shape index (κ1) is 15.4. The zero-order chi connectivity index (χ0) is 16.5. The first-order chi connectivity index (χ1) is 11.7. The average Bonchev–Trinajstić information content (AvgIpc) is 3.28. The van der Waals surface area contributed by atoms with Gasteiger partial charge in [-0.2, -0.15) is 10.2 Å². The molecule has 0 N–H and O–H groups in total. The third-order valence-corrected chi connectivity index (χ3v) is 5.02. The van der Waals surface area contributed by atoms with Gasteiger partial charge >= 0.3 is 0 Å². The third kappa shape index (κ3) is 2.96. The summed E-state index contributed by atoms with van der Waals surface area (Å²) >= 11 is 0. The fourth-order valence-electron chi connectivity index (χ4n) is 3.79. The second-order valence-electron chi connectivity index (χ2n) is 6.86. The highest BCUT2D eigenvalue weighted by Crippen LogP contribution is 2.22. The number of hydrogen-bond acceptors (Lipinski definition) is 4. The molecule has 0 saturated carbocycles. The zero-order valence-corrected chi connectivity index (χ0v) is 14.1. The Morgan fingerprint density at radius 3 is 3.04 bits per heavy atom. The van der Waals surface area contributed by atoms with Crippen molar-refractivity contribution in [3.63, 3.8) is 0 Å². The van der Waals surface area contributed by atoms with Crippen molar-refractivity contribution in [3.05, 3.63) is 35.9 Å². The zero-order valence-electron chi connectivity index (χ0n) is 14.1. The van der Waals surface area contributed by atoms with Crippen LogP contribution in [0, 0.1) is 0 Å². The predicted octanol–water partition coefficient (Wildman–Crippen LogP) is 1.22. The van der Waals surface area contributed by atoms with Gasteiger partial charge in [-0.3, -0.25) is 14.2 Å². The van der Waals surface area contributed by atoms with E-state index in [2.05, 4.69) is 22.1 Å². The van der Waals surface area contributed by atoms with Gasteiger partial charge in [-0.1, -0.05) is 0 Å². The largest absolute Gasteiger partial charge is 0.332 e. The van der Waals surface area contributed by atoms with Gasteiger partial charge in [-0.05, 0) is 38.4 Å². The molecule has 0 aromatic carbocycles. The number of carbonyl (C=O) groups is 1. The molecule has 2 aromatic heterocycles. The molecule has 0 radical (unpaired) electrons. The maximum absolute atomic E-state index is 13.0. The van der Waals surface area contributed by atoms with Crippen molar-refractivity contribution in [2.75, 3.05) is 20.1 Å². The molecule has 1 saturated heterocycles. The Morgan fingerprint density at radius 2 is 2.21 bits per heavy atom. The summed E-state index contributed by atoms with van der Waals surface area (Å²) in [6, 6.07) is 4.11. The van der Waals surface area contributed by atoms with Crippen molar-refractivity contribution in [2.24, 2.45) is 0 Å². The number of rotatable bonds is 3. The lowest BCUT2D eigenvalue weighted by Gasteiger charge is -2.23. The van der Waals surface area contributed by atoms with E-state index >= 15 is 0 Å². The lowest BCUT2D eigenvalue weighted by molar-refractivity contribution is 0.0714. The van der Waals surface area contributed by atoms with E-state index in [1.807, 2.05) is 32.6 Å². The van der Waals surface area contributed by atoms with Gasteiger partial charge in [0.2, 0.25) is 0 Å². The van der Waals surface area contributed by atoms with Crippen LogP contribution in [0.3, 0.4) is 0 Å². The minimum Gasteiger partial charge on any atom is -0.332 e. The molecule has 24 heavy (non-hydrogen) atoms. The van der Waals surface area contributed by atoms with Crippen LogP contribution in [0.5, 0.6) is 0 Å². The fourth-order valence-corrected chi connectivity index (χ4v) is 3.79. The Bertz CT molecular complexity index is 707. The van der Waals surface area contributed by atoms with Gasteiger partial charge in [0.25, 0.3) is 5.91 Å². The van der Waals surface area contributed by atoms with E-state index in [0.717, 1.165) is 57.7 Å². The highest BCUT2D eigenvalue weighted by atomic mass is 16.2. The lowest BCUT2D eigenvalue weighted by atomic mass is 10.2. The normalized spacial score (nSPS) is 21.7. The second-order valence-corrected chi connectivity index (χ2v) is 6.86. The second kappa shape index (κ2) is 6.39. The van der Waals surface area contributed by atoms with Gasteiger partial charge in [0, 0.05) is 38.6 Å². The van der Waals surface area contributed by atoms with Gasteiger partial charge in [0.1, 0.15) is 0 Å². The van der Waals surface area contributed by atoms with Crippen molar-refractivity contribution >= 4 is 5.91 Å². The summed E-state index contributed by atoms with van der Waals surface area (Å²) in [4.78, 5) is 17.2. The molecular weight excluding hydrogens is 304 g/mol. The number of nitrogens with zero attached hydrogens (tertiary/aromatic N) is 6. The molecule has 2 aromatic rings. The van der Waals surface area contributed by atoms with Crippen molar-refractivity contribution in [1.82, 2.24) is 29.4 Å². The number of likely N-dealkylation sites (tertiary alicyclic amines) is 1. The van der Waals surface area contributed by atoms with Crippen molar-refractivity contribution in [3.8, 4) is 0 Å². The molecule has 7 heteroatoms. The summed E-state index contributed by atoms with van der Waals surface area (Å²) in [7, 11) is 2.12. The Morgan fingerprint density at radius 1 is 1.29 bits per heavy atom. The van der Waals surface area contributed by atoms with E-state index in [9.17, 15) is 4.79 Å². The van der Waals surface area contributed by atoms with Gasteiger partial charge < -0.3 is 9.80 Å². The number of aryl methyl sites for hydroxylation is 1. The molecule has 1 amide bonds. The van der Waals surface area contributed by atoms with Crippen LogP contribution >= 0.6 is 0 Å². The molecule has 2 aliphatic heterocycles. The number of amides is 1. The van der Waals surface area contributed by atoms with E-state index in [4.69, 9.17) is 0 Å². The van der Waals surface area contributed by atoms with Crippen LogP contribution in [0.4, 0.5) is 0 Å². The van der Waals surface area contributed by atoms with Crippen molar-refractivity contribution in [2.45, 2.75) is 44.9 Å². The van der Waals surface area contributed by atoms with Crippen LogP contribution in [0.25, 0.3) is 0 Å². The fraction of sp³-hybridized carbons (Fsp3) is 0.588. The van der Waals surface area contributed by atoms with E-state index in [1.165, 1.54) is 0 Å². The molecule has 2 aliphatic rings. The van der Waals surface area contributed by atoms with Gasteiger partial charge in [0.05, 0.1) is 18.3 Å². The molecule has 0 spiro atoms. The SMILES string of the molecule is CN1CCCn2nc(C(=O)N3CCC[C@H]3Cn3cccn3)cc2C1. The van der Waals surface area contributed by atoms with Crippen LogP contribution in [0.1, 0.15) is 35.4 Å². The predicted molar refractivity (Wildman–Crippen MR) is 89.5 cm³/mol. The molecule has 7 nitrogen and oxygen atoms in total. The van der Waals surface area contributed by atoms with E-state index in [-0.39, 0.29) is 11.9 Å². The summed E-state index contributed by atoms with van der Waals surface area (Å²) in [5.74, 6) is 0.0629. The van der Waals surface area contributed by atoms with Crippen molar-refractivity contribution < 1.29 is 4.79 Å². The van der Waals surface area contributed by atoms with Crippen molar-refractivity contribution in [1.29, 1.82) is 0 Å². The molecule has 0 unspecified atom stereocenters. The Kier molecular flexibility index (Phi) is 4.10. The van der Waals surface area contributed by atoms with Crippen LogP contribution in [0.2, 0.25) is 0 Å². The Labute approximate surface area is 141 Å². The summed E-state index contributed by atoms with van der Waals surface area (Å²) in [6.07, 6.45) is 6.89.